The Morgan fingerprint density at radius 1 is 1.11 bits per heavy atom. The molecule has 148 valence electrons. The molecule has 2 amide bonds. The lowest BCUT2D eigenvalue weighted by molar-refractivity contribution is -0.162. The van der Waals surface area contributed by atoms with Gasteiger partial charge in [0.05, 0.1) is 17.0 Å². The molecule has 10 heteroatoms. The molecule has 1 saturated carbocycles. The van der Waals surface area contributed by atoms with Crippen LogP contribution in [0.3, 0.4) is 0 Å². The summed E-state index contributed by atoms with van der Waals surface area (Å²) >= 11 is 0. The molecule has 2 fully saturated rings. The van der Waals surface area contributed by atoms with E-state index in [1.165, 1.54) is 6.92 Å². The Kier molecular flexibility index (Phi) is 4.65. The molecule has 1 aliphatic heterocycles. The van der Waals surface area contributed by atoms with Gasteiger partial charge in [-0.3, -0.25) is 4.79 Å². The highest BCUT2D eigenvalue weighted by atomic mass is 32.2. The minimum absolute atomic E-state index is 0.0727. The Morgan fingerprint density at radius 3 is 2.22 bits per heavy atom. The van der Waals surface area contributed by atoms with E-state index < -0.39 is 51.7 Å². The number of sulfone groups is 1. The van der Waals surface area contributed by atoms with Crippen LogP contribution in [0.25, 0.3) is 0 Å². The molecule has 0 atom stereocenters. The molecule has 27 heavy (non-hydrogen) atoms. The number of hydrogen-bond acceptors (Lipinski definition) is 5. The first-order chi connectivity index (χ1) is 12.4. The van der Waals surface area contributed by atoms with Gasteiger partial charge < -0.3 is 15.4 Å². The van der Waals surface area contributed by atoms with E-state index >= 15 is 0 Å². The van der Waals surface area contributed by atoms with Gasteiger partial charge >= 0.3 is 6.09 Å². The number of amides is 2. The highest BCUT2D eigenvalue weighted by Crippen LogP contribution is 2.46. The van der Waals surface area contributed by atoms with Crippen LogP contribution in [0.1, 0.15) is 25.3 Å². The van der Waals surface area contributed by atoms with Gasteiger partial charge in [-0.25, -0.2) is 22.0 Å². The van der Waals surface area contributed by atoms with Crippen molar-refractivity contribution in [2.75, 3.05) is 11.5 Å². The molecule has 1 saturated heterocycles. The monoisotopic (exact) mass is 402 g/mol. The number of carbonyl (C=O) groups excluding carboxylic acids is 2. The van der Waals surface area contributed by atoms with Crippen molar-refractivity contribution in [1.29, 1.82) is 0 Å². The third-order valence-electron chi connectivity index (χ3n) is 4.60. The molecular formula is C17H20F2N2O5S. The Morgan fingerprint density at radius 2 is 1.70 bits per heavy atom. The van der Waals surface area contributed by atoms with Crippen LogP contribution in [0, 0.1) is 0 Å². The highest BCUT2D eigenvalue weighted by molar-refractivity contribution is 7.93. The van der Waals surface area contributed by atoms with Crippen molar-refractivity contribution in [2.24, 2.45) is 0 Å². The number of ether oxygens (including phenoxy) is 1. The second kappa shape index (κ2) is 6.43. The Balaban J connectivity index is 1.62. The first kappa shape index (κ1) is 19.5. The fraction of sp³-hybridized carbons (Fsp3) is 0.529. The average molecular weight is 402 g/mol. The summed E-state index contributed by atoms with van der Waals surface area (Å²) in [4.78, 5) is 24.6. The van der Waals surface area contributed by atoms with Gasteiger partial charge in [-0.2, -0.15) is 0 Å². The largest absolute Gasteiger partial charge is 0.445 e. The summed E-state index contributed by atoms with van der Waals surface area (Å²) in [6.45, 7) is 1.45. The summed E-state index contributed by atoms with van der Waals surface area (Å²) in [6, 6.07) is 8.76. The van der Waals surface area contributed by atoms with Gasteiger partial charge in [-0.15, -0.1) is 0 Å². The zero-order valence-corrected chi connectivity index (χ0v) is 15.4. The Labute approximate surface area is 155 Å². The van der Waals surface area contributed by atoms with Crippen LogP contribution in [0.2, 0.25) is 0 Å². The van der Waals surface area contributed by atoms with Gasteiger partial charge in [0.2, 0.25) is 5.91 Å². The van der Waals surface area contributed by atoms with E-state index in [-0.39, 0.29) is 18.1 Å². The van der Waals surface area contributed by atoms with Crippen LogP contribution in [0.15, 0.2) is 30.3 Å². The second-order valence-electron chi connectivity index (χ2n) is 7.53. The van der Waals surface area contributed by atoms with Crippen molar-refractivity contribution >= 4 is 21.8 Å². The summed E-state index contributed by atoms with van der Waals surface area (Å²) in [6.07, 6.45) is -2.72. The van der Waals surface area contributed by atoms with Gasteiger partial charge in [0.15, 0.2) is 9.84 Å². The molecular weight excluding hydrogens is 382 g/mol. The third kappa shape index (κ3) is 4.37. The molecule has 2 aliphatic rings. The zero-order chi connectivity index (χ0) is 19.9. The third-order valence-corrected chi connectivity index (χ3v) is 6.76. The lowest BCUT2D eigenvalue weighted by atomic mass is 9.72. The van der Waals surface area contributed by atoms with Gasteiger partial charge in [0, 0.05) is 12.8 Å². The van der Waals surface area contributed by atoms with Crippen LogP contribution in [-0.4, -0.2) is 48.9 Å². The van der Waals surface area contributed by atoms with E-state index in [9.17, 15) is 26.8 Å². The minimum atomic E-state index is -3.23. The number of rotatable bonds is 5. The molecule has 1 aromatic carbocycles. The Bertz CT molecular complexity index is 837. The number of alkyl carbamates (subject to hydrolysis) is 1. The number of alkyl halides is 2. The first-order valence-electron chi connectivity index (χ1n) is 8.33. The first-order valence-corrected chi connectivity index (χ1v) is 10.1. The molecule has 0 unspecified atom stereocenters. The normalized spacial score (nSPS) is 23.2. The maximum atomic E-state index is 13.5. The number of hydrogen-bond donors (Lipinski definition) is 2. The summed E-state index contributed by atoms with van der Waals surface area (Å²) < 4.78 is 54.7. The molecule has 1 aliphatic carbocycles. The molecule has 7 nitrogen and oxygen atoms in total. The van der Waals surface area contributed by atoms with E-state index in [0.29, 0.717) is 5.56 Å². The van der Waals surface area contributed by atoms with Crippen LogP contribution in [-0.2, 0) is 26.0 Å². The van der Waals surface area contributed by atoms with Crippen LogP contribution in [0.5, 0.6) is 0 Å². The summed E-state index contributed by atoms with van der Waals surface area (Å²) in [7, 11) is -3.23. The summed E-state index contributed by atoms with van der Waals surface area (Å²) in [5.41, 5.74) is -2.14. The van der Waals surface area contributed by atoms with Crippen LogP contribution in [0.4, 0.5) is 13.6 Å². The van der Waals surface area contributed by atoms with E-state index in [1.807, 2.05) is 0 Å². The summed E-state index contributed by atoms with van der Waals surface area (Å²) in [5.74, 6) is -4.45. The van der Waals surface area contributed by atoms with Crippen molar-refractivity contribution in [1.82, 2.24) is 10.6 Å². The fourth-order valence-electron chi connectivity index (χ4n) is 3.49. The maximum Gasteiger partial charge on any atom is 0.408 e. The van der Waals surface area contributed by atoms with Crippen LogP contribution < -0.4 is 10.6 Å². The van der Waals surface area contributed by atoms with E-state index in [0.717, 1.165) is 0 Å². The topological polar surface area (TPSA) is 102 Å². The number of carbonyl (C=O) groups is 2. The van der Waals surface area contributed by atoms with Crippen LogP contribution >= 0.6 is 0 Å². The van der Waals surface area contributed by atoms with Crippen molar-refractivity contribution in [3.63, 3.8) is 0 Å². The molecule has 1 aromatic rings. The molecule has 0 radical (unpaired) electrons. The Hall–Kier alpha value is -2.23. The predicted octanol–water partition coefficient (Wildman–Crippen LogP) is 1.38. The van der Waals surface area contributed by atoms with E-state index in [1.54, 1.807) is 30.3 Å². The second-order valence-corrected chi connectivity index (χ2v) is 9.59. The quantitative estimate of drug-likeness (QED) is 0.775. The van der Waals surface area contributed by atoms with Crippen molar-refractivity contribution in [3.8, 4) is 0 Å². The van der Waals surface area contributed by atoms with Gasteiger partial charge in [0.25, 0.3) is 5.92 Å². The van der Waals surface area contributed by atoms with Crippen molar-refractivity contribution in [3.05, 3.63) is 35.9 Å². The number of nitrogens with one attached hydrogen (secondary N) is 2. The lowest BCUT2D eigenvalue weighted by Gasteiger charge is -2.48. The fourth-order valence-corrected chi connectivity index (χ4v) is 5.49. The standard InChI is InChI=1S/C17H20F2N2O5S/c1-15(10-27(24,25)11-15)20-13(22)16(8-17(18,19)9-16)21-14(23)26-7-12-5-3-2-4-6-12/h2-6H,7-11H2,1H3,(H,20,22)(H,21,23). The van der Waals surface area contributed by atoms with Gasteiger partial charge in [0.1, 0.15) is 12.1 Å². The zero-order valence-electron chi connectivity index (χ0n) is 14.6. The molecule has 0 spiro atoms. The minimum Gasteiger partial charge on any atom is -0.445 e. The van der Waals surface area contributed by atoms with Gasteiger partial charge in [-0.1, -0.05) is 30.3 Å². The smallest absolute Gasteiger partial charge is 0.408 e. The number of benzene rings is 1. The highest BCUT2D eigenvalue weighted by Gasteiger charge is 2.63. The van der Waals surface area contributed by atoms with Crippen molar-refractivity contribution in [2.45, 2.75) is 43.4 Å². The van der Waals surface area contributed by atoms with Gasteiger partial charge in [-0.05, 0) is 12.5 Å². The van der Waals surface area contributed by atoms with Crippen molar-refractivity contribution < 1.29 is 31.5 Å². The van der Waals surface area contributed by atoms with E-state index in [4.69, 9.17) is 4.74 Å². The molecule has 0 bridgehead atoms. The van der Waals surface area contributed by atoms with E-state index in [2.05, 4.69) is 10.6 Å². The SMILES string of the molecule is CC1(NC(=O)C2(NC(=O)OCc3ccccc3)CC(F)(F)C2)CS(=O)(=O)C1. The maximum absolute atomic E-state index is 13.5. The summed E-state index contributed by atoms with van der Waals surface area (Å²) in [5, 5.41) is 4.73. The number of halogens is 2. The average Bonchev–Trinajstić information content (AvgIpc) is 2.49. The predicted molar refractivity (Wildman–Crippen MR) is 91.9 cm³/mol. The molecule has 2 N–H and O–H groups in total. The molecule has 0 aromatic heterocycles. The lowest BCUT2D eigenvalue weighted by Crippen LogP contribution is -2.74. The molecule has 1 heterocycles. The molecule has 3 rings (SSSR count).